The predicted octanol–water partition coefficient (Wildman–Crippen LogP) is 3.42. The first-order valence-corrected chi connectivity index (χ1v) is 13.4. The van der Waals surface area contributed by atoms with Gasteiger partial charge in [0.25, 0.3) is 5.91 Å². The maximum Gasteiger partial charge on any atom is 0.251 e. The van der Waals surface area contributed by atoms with Crippen molar-refractivity contribution in [1.82, 2.24) is 25.2 Å². The smallest absolute Gasteiger partial charge is 0.251 e. The molecule has 0 saturated carbocycles. The highest BCUT2D eigenvalue weighted by atomic mass is 32.2. The maximum absolute atomic E-state index is 12.5. The molecular formula is C27H34N6O2S. The van der Waals surface area contributed by atoms with Gasteiger partial charge in [-0.1, -0.05) is 36.9 Å². The van der Waals surface area contributed by atoms with Gasteiger partial charge in [0, 0.05) is 75.5 Å². The second-order valence-corrected chi connectivity index (χ2v) is 9.61. The van der Waals surface area contributed by atoms with Crippen LogP contribution < -0.4 is 10.2 Å². The molecule has 0 aliphatic carbocycles. The Bertz CT molecular complexity index is 1110. The average molecular weight is 507 g/mol. The SMILES string of the molecule is CCN1CCN(c2cc(COC)nc(SCc3ccc(C(=O)NCCc4ccccn4)cc3)n2)CC1. The number of rotatable bonds is 11. The van der Waals surface area contributed by atoms with Gasteiger partial charge < -0.3 is 19.9 Å². The van der Waals surface area contributed by atoms with E-state index in [1.54, 1.807) is 25.1 Å². The van der Waals surface area contributed by atoms with Crippen LogP contribution in [0.1, 0.15) is 34.2 Å². The Balaban J connectivity index is 1.32. The number of amides is 1. The molecule has 3 heterocycles. The van der Waals surface area contributed by atoms with E-state index in [1.807, 2.05) is 48.5 Å². The number of hydrogen-bond acceptors (Lipinski definition) is 8. The van der Waals surface area contributed by atoms with E-state index in [4.69, 9.17) is 9.72 Å². The number of piperazine rings is 1. The average Bonchev–Trinajstić information content (AvgIpc) is 2.93. The Kier molecular flexibility index (Phi) is 9.66. The number of thioether (sulfide) groups is 1. The molecule has 1 amide bonds. The van der Waals surface area contributed by atoms with Gasteiger partial charge in [0.1, 0.15) is 5.82 Å². The van der Waals surface area contributed by atoms with Gasteiger partial charge in [-0.05, 0) is 36.4 Å². The van der Waals surface area contributed by atoms with Gasteiger partial charge in [0.15, 0.2) is 5.16 Å². The Labute approximate surface area is 217 Å². The van der Waals surface area contributed by atoms with Crippen molar-refractivity contribution < 1.29 is 9.53 Å². The first-order valence-electron chi connectivity index (χ1n) is 12.4. The van der Waals surface area contributed by atoms with E-state index in [9.17, 15) is 4.79 Å². The number of nitrogens with zero attached hydrogens (tertiary/aromatic N) is 5. The summed E-state index contributed by atoms with van der Waals surface area (Å²) in [6.07, 6.45) is 2.47. The van der Waals surface area contributed by atoms with Crippen LogP contribution in [0.5, 0.6) is 0 Å². The van der Waals surface area contributed by atoms with Gasteiger partial charge in [-0.2, -0.15) is 0 Å². The van der Waals surface area contributed by atoms with Crippen LogP contribution in [0.4, 0.5) is 5.82 Å². The monoisotopic (exact) mass is 506 g/mol. The lowest BCUT2D eigenvalue weighted by atomic mass is 10.1. The summed E-state index contributed by atoms with van der Waals surface area (Å²) in [7, 11) is 1.69. The summed E-state index contributed by atoms with van der Waals surface area (Å²) in [5.41, 5.74) is 3.62. The van der Waals surface area contributed by atoms with Crippen molar-refractivity contribution in [2.75, 3.05) is 51.3 Å². The number of hydrogen-bond donors (Lipinski definition) is 1. The summed E-state index contributed by atoms with van der Waals surface area (Å²) in [6, 6.07) is 15.6. The lowest BCUT2D eigenvalue weighted by Gasteiger charge is -2.34. The molecule has 4 rings (SSSR count). The van der Waals surface area contributed by atoms with Crippen LogP contribution >= 0.6 is 11.8 Å². The van der Waals surface area contributed by atoms with Crippen LogP contribution in [0.15, 0.2) is 59.9 Å². The van der Waals surface area contributed by atoms with E-state index in [-0.39, 0.29) is 5.91 Å². The molecule has 0 unspecified atom stereocenters. The molecule has 0 bridgehead atoms. The van der Waals surface area contributed by atoms with Crippen LogP contribution in [-0.4, -0.2) is 72.1 Å². The van der Waals surface area contributed by atoms with E-state index >= 15 is 0 Å². The van der Waals surface area contributed by atoms with Crippen molar-refractivity contribution in [1.29, 1.82) is 0 Å². The highest BCUT2D eigenvalue weighted by Crippen LogP contribution is 2.24. The minimum atomic E-state index is -0.0754. The second-order valence-electron chi connectivity index (χ2n) is 8.67. The zero-order valence-corrected chi connectivity index (χ0v) is 21.8. The van der Waals surface area contributed by atoms with E-state index in [0.717, 1.165) is 66.4 Å². The number of carbonyl (C=O) groups is 1. The second kappa shape index (κ2) is 13.3. The molecular weight excluding hydrogens is 472 g/mol. The molecule has 0 atom stereocenters. The summed E-state index contributed by atoms with van der Waals surface area (Å²) >= 11 is 1.60. The molecule has 36 heavy (non-hydrogen) atoms. The maximum atomic E-state index is 12.5. The zero-order chi connectivity index (χ0) is 25.2. The third-order valence-electron chi connectivity index (χ3n) is 6.16. The minimum Gasteiger partial charge on any atom is -0.378 e. The lowest BCUT2D eigenvalue weighted by molar-refractivity contribution is 0.0954. The molecule has 1 saturated heterocycles. The standard InChI is InChI=1S/C27H34N6O2S/c1-3-32-14-16-33(17-15-32)25-18-24(19-35-2)30-27(31-25)36-20-21-7-9-22(10-8-21)26(34)29-13-11-23-6-4-5-12-28-23/h4-10,12,18H,3,11,13-17,19-20H2,1-2H3,(H,29,34). The zero-order valence-electron chi connectivity index (χ0n) is 21.0. The van der Waals surface area contributed by atoms with Gasteiger partial charge in [0.05, 0.1) is 12.3 Å². The molecule has 1 aromatic carbocycles. The predicted molar refractivity (Wildman–Crippen MR) is 143 cm³/mol. The minimum absolute atomic E-state index is 0.0754. The molecule has 0 spiro atoms. The number of methoxy groups -OCH3 is 1. The number of benzene rings is 1. The summed E-state index contributed by atoms with van der Waals surface area (Å²) < 4.78 is 5.34. The normalized spacial score (nSPS) is 14.1. The van der Waals surface area contributed by atoms with Gasteiger partial charge in [-0.15, -0.1) is 0 Å². The number of anilines is 1. The molecule has 1 fully saturated rings. The van der Waals surface area contributed by atoms with Crippen LogP contribution in [0.3, 0.4) is 0 Å². The molecule has 9 heteroatoms. The number of nitrogens with one attached hydrogen (secondary N) is 1. The van der Waals surface area contributed by atoms with Crippen molar-refractivity contribution in [2.45, 2.75) is 30.9 Å². The van der Waals surface area contributed by atoms with Crippen LogP contribution in [-0.2, 0) is 23.5 Å². The van der Waals surface area contributed by atoms with E-state index in [2.05, 4.69) is 32.0 Å². The summed E-state index contributed by atoms with van der Waals surface area (Å²) in [6.45, 7) is 8.32. The van der Waals surface area contributed by atoms with Crippen molar-refractivity contribution in [3.05, 3.63) is 77.2 Å². The van der Waals surface area contributed by atoms with E-state index < -0.39 is 0 Å². The molecule has 3 aromatic rings. The van der Waals surface area contributed by atoms with E-state index in [1.165, 1.54) is 0 Å². The number of ether oxygens (including phenoxy) is 1. The van der Waals surface area contributed by atoms with Crippen molar-refractivity contribution in [3.63, 3.8) is 0 Å². The van der Waals surface area contributed by atoms with Crippen molar-refractivity contribution in [2.24, 2.45) is 0 Å². The summed E-state index contributed by atoms with van der Waals surface area (Å²) in [5, 5.41) is 3.71. The Hall–Kier alpha value is -3.01. The molecule has 2 aromatic heterocycles. The van der Waals surface area contributed by atoms with Gasteiger partial charge >= 0.3 is 0 Å². The van der Waals surface area contributed by atoms with Gasteiger partial charge in [0.2, 0.25) is 0 Å². The molecule has 1 aliphatic heterocycles. The first-order chi connectivity index (χ1) is 17.6. The molecule has 1 N–H and O–H groups in total. The molecule has 0 radical (unpaired) electrons. The number of likely N-dealkylation sites (N-methyl/N-ethyl adjacent to an activating group) is 1. The van der Waals surface area contributed by atoms with Crippen LogP contribution in [0.2, 0.25) is 0 Å². The summed E-state index contributed by atoms with van der Waals surface area (Å²) in [5.74, 6) is 1.61. The lowest BCUT2D eigenvalue weighted by Crippen LogP contribution is -2.46. The third-order valence-corrected chi connectivity index (χ3v) is 7.08. The van der Waals surface area contributed by atoms with Crippen LogP contribution in [0.25, 0.3) is 0 Å². The third kappa shape index (κ3) is 7.49. The quantitative estimate of drug-likeness (QED) is 0.313. The van der Waals surface area contributed by atoms with Crippen molar-refractivity contribution in [3.8, 4) is 0 Å². The highest BCUT2D eigenvalue weighted by Gasteiger charge is 2.18. The Morgan fingerprint density at radius 3 is 2.56 bits per heavy atom. The van der Waals surface area contributed by atoms with Gasteiger partial charge in [-0.25, -0.2) is 9.97 Å². The van der Waals surface area contributed by atoms with Crippen LogP contribution in [0, 0.1) is 0 Å². The number of pyridine rings is 1. The highest BCUT2D eigenvalue weighted by molar-refractivity contribution is 7.98. The fourth-order valence-corrected chi connectivity index (χ4v) is 4.88. The first kappa shape index (κ1) is 26.1. The Morgan fingerprint density at radius 2 is 1.86 bits per heavy atom. The molecule has 8 nitrogen and oxygen atoms in total. The summed E-state index contributed by atoms with van der Waals surface area (Å²) in [4.78, 5) is 31.1. The molecule has 1 aliphatic rings. The fraction of sp³-hybridized carbons (Fsp3) is 0.407. The Morgan fingerprint density at radius 1 is 1.06 bits per heavy atom. The van der Waals surface area contributed by atoms with Crippen molar-refractivity contribution >= 4 is 23.5 Å². The topological polar surface area (TPSA) is 83.5 Å². The fourth-order valence-electron chi connectivity index (χ4n) is 4.05. The largest absolute Gasteiger partial charge is 0.378 e. The molecule has 190 valence electrons. The number of carbonyl (C=O) groups excluding carboxylic acids is 1. The number of aromatic nitrogens is 3. The van der Waals surface area contributed by atoms with E-state index in [0.29, 0.717) is 25.1 Å². The van der Waals surface area contributed by atoms with Gasteiger partial charge in [-0.3, -0.25) is 9.78 Å².